The molecule has 11 rings (SSSR count). The molecule has 1 nitrogen and oxygen atoms in total. The molecule has 3 aliphatic carbocycles. The first-order valence-electron chi connectivity index (χ1n) is 17.2. The Morgan fingerprint density at radius 1 is 0.469 bits per heavy atom. The van der Waals surface area contributed by atoms with E-state index in [1.54, 1.807) is 0 Å². The smallest absolute Gasteiger partial charge is 0.135 e. The molecule has 228 valence electrons. The molecule has 0 spiro atoms. The van der Waals surface area contributed by atoms with Crippen molar-refractivity contribution in [1.82, 2.24) is 0 Å². The SMILES string of the molecule is C1=CC2C=Cc3c(-c4ccc5ccccc5c4)ccc4c3C2C(=C1c1ccc2c3c(cccc13)-c1cc(-c3ccccc3)ccc1O2)C=C4. The molecule has 0 radical (unpaired) electrons. The van der Waals surface area contributed by atoms with Gasteiger partial charge in [-0.3, -0.25) is 0 Å². The lowest BCUT2D eigenvalue weighted by Crippen LogP contribution is -2.22. The van der Waals surface area contributed by atoms with Gasteiger partial charge in [0.05, 0.1) is 0 Å². The Hall–Kier alpha value is -6.18. The summed E-state index contributed by atoms with van der Waals surface area (Å²) in [4.78, 5) is 0. The Labute approximate surface area is 285 Å². The molecule has 2 atom stereocenters. The summed E-state index contributed by atoms with van der Waals surface area (Å²) in [5.41, 5.74) is 15.4. The van der Waals surface area contributed by atoms with Crippen LogP contribution in [0.4, 0.5) is 0 Å². The summed E-state index contributed by atoms with van der Waals surface area (Å²) in [6.07, 6.45) is 14.3. The minimum absolute atomic E-state index is 0.275. The van der Waals surface area contributed by atoms with E-state index in [-0.39, 0.29) is 5.92 Å². The van der Waals surface area contributed by atoms with Gasteiger partial charge in [0.25, 0.3) is 0 Å². The molecule has 0 bridgehead atoms. The third kappa shape index (κ3) is 3.93. The van der Waals surface area contributed by atoms with Crippen LogP contribution in [0.3, 0.4) is 0 Å². The minimum Gasteiger partial charge on any atom is -0.456 e. The summed E-state index contributed by atoms with van der Waals surface area (Å²) < 4.78 is 6.60. The fourth-order valence-electron chi connectivity index (χ4n) is 8.75. The van der Waals surface area contributed by atoms with E-state index in [2.05, 4.69) is 170 Å². The maximum Gasteiger partial charge on any atom is 0.135 e. The van der Waals surface area contributed by atoms with Crippen molar-refractivity contribution in [3.05, 3.63) is 186 Å². The molecule has 0 saturated carbocycles. The first kappa shape index (κ1) is 26.8. The number of fused-ring (bicyclic) bond motifs is 3. The molecule has 1 aliphatic heterocycles. The molecule has 0 saturated heterocycles. The Balaban J connectivity index is 1.07. The highest BCUT2D eigenvalue weighted by Crippen LogP contribution is 2.54. The second kappa shape index (κ2) is 10.2. The summed E-state index contributed by atoms with van der Waals surface area (Å²) in [6.45, 7) is 0. The summed E-state index contributed by atoms with van der Waals surface area (Å²) >= 11 is 0. The van der Waals surface area contributed by atoms with Crippen molar-refractivity contribution in [2.24, 2.45) is 5.92 Å². The van der Waals surface area contributed by atoms with Crippen LogP contribution in [-0.2, 0) is 0 Å². The minimum atomic E-state index is 0.275. The zero-order chi connectivity index (χ0) is 32.1. The third-order valence-electron chi connectivity index (χ3n) is 11.0. The van der Waals surface area contributed by atoms with Gasteiger partial charge in [-0.15, -0.1) is 0 Å². The highest BCUT2D eigenvalue weighted by molar-refractivity contribution is 6.10. The average molecular weight is 623 g/mol. The van der Waals surface area contributed by atoms with Crippen LogP contribution in [0.2, 0.25) is 0 Å². The maximum absolute atomic E-state index is 6.60. The molecule has 49 heavy (non-hydrogen) atoms. The van der Waals surface area contributed by atoms with Crippen molar-refractivity contribution >= 4 is 39.3 Å². The van der Waals surface area contributed by atoms with Crippen molar-refractivity contribution in [1.29, 1.82) is 0 Å². The van der Waals surface area contributed by atoms with Gasteiger partial charge < -0.3 is 4.74 Å². The predicted octanol–water partition coefficient (Wildman–Crippen LogP) is 12.9. The lowest BCUT2D eigenvalue weighted by Gasteiger charge is -2.38. The van der Waals surface area contributed by atoms with Crippen LogP contribution in [0.25, 0.3) is 72.7 Å². The van der Waals surface area contributed by atoms with E-state index < -0.39 is 0 Å². The Kier molecular flexibility index (Phi) is 5.57. The topological polar surface area (TPSA) is 9.23 Å². The van der Waals surface area contributed by atoms with Crippen LogP contribution in [0.1, 0.15) is 28.2 Å². The standard InChI is InChI=1S/C48H30O/c1-2-7-29(8-3-1)34-19-25-44-43(28-34)40-12-6-11-39-38(24-26-45(49-44)48(39)40)37-21-16-32-17-22-41-36(20-15-31-18-23-42(37)47(32)46(31)41)35-14-13-30-9-4-5-10-33(30)27-35/h1-28,32,47H. The number of hydrogen-bond acceptors (Lipinski definition) is 1. The van der Waals surface area contributed by atoms with E-state index in [9.17, 15) is 0 Å². The Morgan fingerprint density at radius 2 is 1.29 bits per heavy atom. The van der Waals surface area contributed by atoms with Crippen LogP contribution in [0.15, 0.2) is 163 Å². The number of hydrogen-bond donors (Lipinski definition) is 0. The average Bonchev–Trinajstić information content (AvgIpc) is 3.17. The lowest BCUT2D eigenvalue weighted by atomic mass is 9.66. The van der Waals surface area contributed by atoms with Crippen LogP contribution < -0.4 is 4.74 Å². The van der Waals surface area contributed by atoms with Crippen LogP contribution in [0, 0.1) is 5.92 Å². The molecule has 2 unspecified atom stereocenters. The quantitative estimate of drug-likeness (QED) is 0.190. The van der Waals surface area contributed by atoms with Crippen molar-refractivity contribution in [3.63, 3.8) is 0 Å². The normalized spacial score (nSPS) is 17.6. The van der Waals surface area contributed by atoms with Crippen molar-refractivity contribution in [2.75, 3.05) is 0 Å². The van der Waals surface area contributed by atoms with E-state index in [0.717, 1.165) is 17.1 Å². The van der Waals surface area contributed by atoms with Gasteiger partial charge in [-0.25, -0.2) is 0 Å². The zero-order valence-electron chi connectivity index (χ0n) is 26.7. The van der Waals surface area contributed by atoms with Gasteiger partial charge in [-0.05, 0) is 102 Å². The number of benzene rings is 7. The molecular formula is C48H30O. The van der Waals surface area contributed by atoms with Gasteiger partial charge in [0.15, 0.2) is 0 Å². The molecule has 0 N–H and O–H groups in total. The summed E-state index contributed by atoms with van der Waals surface area (Å²) in [5.74, 6) is 2.43. The van der Waals surface area contributed by atoms with Crippen LogP contribution in [0.5, 0.6) is 11.5 Å². The first-order valence-corrected chi connectivity index (χ1v) is 17.2. The van der Waals surface area contributed by atoms with E-state index in [0.29, 0.717) is 5.92 Å². The summed E-state index contributed by atoms with van der Waals surface area (Å²) in [6, 6.07) is 48.5. The van der Waals surface area contributed by atoms with Gasteiger partial charge in [-0.2, -0.15) is 0 Å². The number of allylic oxidation sites excluding steroid dienone is 6. The monoisotopic (exact) mass is 622 g/mol. The molecule has 1 heterocycles. The van der Waals surface area contributed by atoms with Gasteiger partial charge in [0, 0.05) is 22.8 Å². The maximum atomic E-state index is 6.60. The van der Waals surface area contributed by atoms with Gasteiger partial charge in [0.1, 0.15) is 11.5 Å². The van der Waals surface area contributed by atoms with Gasteiger partial charge in [-0.1, -0.05) is 146 Å². The first-order chi connectivity index (χ1) is 24.3. The predicted molar refractivity (Wildman–Crippen MR) is 205 cm³/mol. The van der Waals surface area contributed by atoms with E-state index >= 15 is 0 Å². The molecule has 0 aromatic heterocycles. The molecule has 7 aromatic carbocycles. The molecule has 0 fully saturated rings. The van der Waals surface area contributed by atoms with Crippen molar-refractivity contribution < 1.29 is 4.74 Å². The molecule has 4 aliphatic rings. The second-order valence-electron chi connectivity index (χ2n) is 13.6. The third-order valence-corrected chi connectivity index (χ3v) is 11.0. The van der Waals surface area contributed by atoms with E-state index in [4.69, 9.17) is 4.74 Å². The number of ether oxygens (including phenoxy) is 1. The molecule has 7 aromatic rings. The Morgan fingerprint density at radius 3 is 2.22 bits per heavy atom. The highest BCUT2D eigenvalue weighted by Gasteiger charge is 2.36. The second-order valence-corrected chi connectivity index (χ2v) is 13.6. The van der Waals surface area contributed by atoms with Crippen molar-refractivity contribution in [2.45, 2.75) is 5.92 Å². The molecule has 1 heteroatoms. The van der Waals surface area contributed by atoms with Crippen LogP contribution in [-0.4, -0.2) is 0 Å². The fraction of sp³-hybridized carbons (Fsp3) is 0.0417. The van der Waals surface area contributed by atoms with E-state index in [1.165, 1.54) is 82.8 Å². The fourth-order valence-corrected chi connectivity index (χ4v) is 8.75. The van der Waals surface area contributed by atoms with E-state index in [1.807, 2.05) is 0 Å². The molecule has 0 amide bonds. The zero-order valence-corrected chi connectivity index (χ0v) is 26.7. The number of rotatable bonds is 3. The van der Waals surface area contributed by atoms with Gasteiger partial charge >= 0.3 is 0 Å². The Bertz CT molecular complexity index is 2680. The van der Waals surface area contributed by atoms with Crippen molar-refractivity contribution in [3.8, 4) is 44.9 Å². The van der Waals surface area contributed by atoms with Gasteiger partial charge in [0.2, 0.25) is 0 Å². The largest absolute Gasteiger partial charge is 0.456 e. The summed E-state index contributed by atoms with van der Waals surface area (Å²) in [7, 11) is 0. The highest BCUT2D eigenvalue weighted by atomic mass is 16.5. The summed E-state index contributed by atoms with van der Waals surface area (Å²) in [5, 5.41) is 4.96. The van der Waals surface area contributed by atoms with Crippen LogP contribution >= 0.6 is 0 Å². The lowest BCUT2D eigenvalue weighted by molar-refractivity contribution is 0.487. The molecular weight excluding hydrogens is 593 g/mol.